The molecule has 1 aromatic carbocycles. The minimum Gasteiger partial charge on any atom is -0.492 e. The first-order valence-corrected chi connectivity index (χ1v) is 9.96. The summed E-state index contributed by atoms with van der Waals surface area (Å²) in [5.41, 5.74) is 1.08. The van der Waals surface area contributed by atoms with Gasteiger partial charge in [-0.05, 0) is 43.0 Å². The number of likely N-dealkylation sites (tertiary alicyclic amines) is 1. The molecule has 2 saturated heterocycles. The highest BCUT2D eigenvalue weighted by molar-refractivity contribution is 6.30. The number of piperazine rings is 1. The first-order chi connectivity index (χ1) is 12.5. The van der Waals surface area contributed by atoms with Gasteiger partial charge in [0.05, 0.1) is 0 Å². The molecule has 1 amide bonds. The van der Waals surface area contributed by atoms with Crippen molar-refractivity contribution in [2.75, 3.05) is 59.5 Å². The van der Waals surface area contributed by atoms with Crippen LogP contribution in [0, 0.1) is 12.8 Å². The molecule has 2 aliphatic rings. The Morgan fingerprint density at radius 3 is 2.62 bits per heavy atom. The van der Waals surface area contributed by atoms with Crippen LogP contribution in [0.3, 0.4) is 0 Å². The molecule has 0 aliphatic carbocycles. The standard InChI is InChI=1S/C20H30ClN3O2/c1-16-13-18(21)4-5-19(16)26-12-11-23-7-9-24(10-8-23)15-17-3-6-20(25)22(2)14-17/h4-5,13,17H,3,6-12,14-15H2,1-2H3. The third-order valence-corrected chi connectivity index (χ3v) is 5.74. The van der Waals surface area contributed by atoms with E-state index in [1.54, 1.807) is 0 Å². The number of carbonyl (C=O) groups is 1. The highest BCUT2D eigenvalue weighted by Gasteiger charge is 2.26. The lowest BCUT2D eigenvalue weighted by Gasteiger charge is -2.38. The quantitative estimate of drug-likeness (QED) is 0.761. The molecule has 6 heteroatoms. The minimum absolute atomic E-state index is 0.294. The normalized spacial score (nSPS) is 22.7. The number of rotatable bonds is 6. The summed E-state index contributed by atoms with van der Waals surface area (Å²) in [7, 11) is 1.93. The summed E-state index contributed by atoms with van der Waals surface area (Å²) in [5.74, 6) is 1.84. The van der Waals surface area contributed by atoms with Crippen molar-refractivity contribution in [2.45, 2.75) is 19.8 Å². The van der Waals surface area contributed by atoms with Crippen LogP contribution in [0.15, 0.2) is 18.2 Å². The van der Waals surface area contributed by atoms with Crippen LogP contribution in [0.5, 0.6) is 5.75 Å². The van der Waals surface area contributed by atoms with Crippen LogP contribution >= 0.6 is 11.6 Å². The van der Waals surface area contributed by atoms with Gasteiger partial charge in [0.15, 0.2) is 0 Å². The zero-order valence-electron chi connectivity index (χ0n) is 15.9. The first-order valence-electron chi connectivity index (χ1n) is 9.59. The number of ether oxygens (including phenoxy) is 1. The Morgan fingerprint density at radius 1 is 1.19 bits per heavy atom. The van der Waals surface area contributed by atoms with Gasteiger partial charge in [-0.2, -0.15) is 0 Å². The van der Waals surface area contributed by atoms with E-state index < -0.39 is 0 Å². The predicted octanol–water partition coefficient (Wildman–Crippen LogP) is 2.51. The van der Waals surface area contributed by atoms with Gasteiger partial charge in [0.25, 0.3) is 0 Å². The van der Waals surface area contributed by atoms with E-state index in [9.17, 15) is 4.79 Å². The Morgan fingerprint density at radius 2 is 1.92 bits per heavy atom. The molecule has 3 rings (SSSR count). The van der Waals surface area contributed by atoms with E-state index in [4.69, 9.17) is 16.3 Å². The molecule has 0 saturated carbocycles. The summed E-state index contributed by atoms with van der Waals surface area (Å²) in [5, 5.41) is 0.750. The second kappa shape index (κ2) is 9.07. The van der Waals surface area contributed by atoms with Crippen molar-refractivity contribution in [3.63, 3.8) is 0 Å². The Kier molecular flexibility index (Phi) is 6.79. The van der Waals surface area contributed by atoms with E-state index in [1.165, 1.54) is 0 Å². The molecule has 0 N–H and O–H groups in total. The zero-order chi connectivity index (χ0) is 18.5. The molecule has 1 atom stereocenters. The molecule has 0 aromatic heterocycles. The number of hydrogen-bond donors (Lipinski definition) is 0. The van der Waals surface area contributed by atoms with Gasteiger partial charge in [0.1, 0.15) is 12.4 Å². The van der Waals surface area contributed by atoms with E-state index in [1.807, 2.05) is 37.1 Å². The van der Waals surface area contributed by atoms with Crippen LogP contribution in [0.4, 0.5) is 0 Å². The van der Waals surface area contributed by atoms with Crippen LogP contribution in [0.1, 0.15) is 18.4 Å². The molecule has 0 bridgehead atoms. The number of amides is 1. The van der Waals surface area contributed by atoms with Gasteiger partial charge >= 0.3 is 0 Å². The fourth-order valence-corrected chi connectivity index (χ4v) is 4.09. The third-order valence-electron chi connectivity index (χ3n) is 5.51. The monoisotopic (exact) mass is 379 g/mol. The topological polar surface area (TPSA) is 36.0 Å². The van der Waals surface area contributed by atoms with Crippen LogP contribution < -0.4 is 4.74 Å². The van der Waals surface area contributed by atoms with Crippen LogP contribution in [-0.4, -0.2) is 80.1 Å². The zero-order valence-corrected chi connectivity index (χ0v) is 16.7. The summed E-state index contributed by atoms with van der Waals surface area (Å²) in [6.45, 7) is 10.1. The fraction of sp³-hybridized carbons (Fsp3) is 0.650. The van der Waals surface area contributed by atoms with Crippen LogP contribution in [0.2, 0.25) is 5.02 Å². The Hall–Kier alpha value is -1.30. The summed E-state index contributed by atoms with van der Waals surface area (Å²) in [6, 6.07) is 5.76. The maximum absolute atomic E-state index is 11.6. The lowest BCUT2D eigenvalue weighted by Crippen LogP contribution is -2.50. The fourth-order valence-electron chi connectivity index (χ4n) is 3.87. The highest BCUT2D eigenvalue weighted by Crippen LogP contribution is 2.22. The summed E-state index contributed by atoms with van der Waals surface area (Å²) in [4.78, 5) is 18.5. The average molecular weight is 380 g/mol. The average Bonchev–Trinajstić information content (AvgIpc) is 2.61. The molecule has 5 nitrogen and oxygen atoms in total. The van der Waals surface area contributed by atoms with Crippen molar-refractivity contribution in [1.29, 1.82) is 0 Å². The molecule has 0 radical (unpaired) electrons. The van der Waals surface area contributed by atoms with Gasteiger partial charge in [-0.3, -0.25) is 9.69 Å². The Labute approximate surface area is 161 Å². The SMILES string of the molecule is Cc1cc(Cl)ccc1OCCN1CCN(CC2CCC(=O)N(C)C2)CC1. The van der Waals surface area contributed by atoms with Crippen LogP contribution in [0.25, 0.3) is 0 Å². The van der Waals surface area contributed by atoms with Gasteiger partial charge < -0.3 is 14.5 Å². The maximum atomic E-state index is 11.6. The molecule has 0 spiro atoms. The molecule has 1 unspecified atom stereocenters. The summed E-state index contributed by atoms with van der Waals surface area (Å²) >= 11 is 5.98. The lowest BCUT2D eigenvalue weighted by molar-refractivity contribution is -0.133. The molecule has 2 heterocycles. The molecule has 2 aliphatic heterocycles. The first kappa shape index (κ1) is 19.5. The molecule has 1 aromatic rings. The molecule has 144 valence electrons. The van der Waals surface area contributed by atoms with Gasteiger partial charge in [-0.25, -0.2) is 0 Å². The van der Waals surface area contributed by atoms with Crippen molar-refractivity contribution in [3.05, 3.63) is 28.8 Å². The van der Waals surface area contributed by atoms with Gasteiger partial charge in [0.2, 0.25) is 5.91 Å². The van der Waals surface area contributed by atoms with Crippen molar-refractivity contribution in [3.8, 4) is 5.75 Å². The summed E-state index contributed by atoms with van der Waals surface area (Å²) < 4.78 is 5.91. The Bertz CT molecular complexity index is 617. The van der Waals surface area contributed by atoms with E-state index in [2.05, 4.69) is 9.80 Å². The third kappa shape index (κ3) is 5.35. The van der Waals surface area contributed by atoms with Crippen LogP contribution in [-0.2, 0) is 4.79 Å². The van der Waals surface area contributed by atoms with E-state index >= 15 is 0 Å². The van der Waals surface area contributed by atoms with E-state index in [0.717, 1.165) is 68.6 Å². The number of benzene rings is 1. The lowest BCUT2D eigenvalue weighted by atomic mass is 9.97. The van der Waals surface area contributed by atoms with Crippen molar-refractivity contribution in [2.24, 2.45) is 5.92 Å². The highest BCUT2D eigenvalue weighted by atomic mass is 35.5. The molecule has 2 fully saturated rings. The number of aryl methyl sites for hydroxylation is 1. The Balaban J connectivity index is 1.34. The smallest absolute Gasteiger partial charge is 0.222 e. The second-order valence-corrected chi connectivity index (χ2v) is 8.02. The van der Waals surface area contributed by atoms with Gasteiger partial charge in [0, 0.05) is 64.3 Å². The number of nitrogens with zero attached hydrogens (tertiary/aromatic N) is 3. The van der Waals surface area contributed by atoms with E-state index in [-0.39, 0.29) is 0 Å². The maximum Gasteiger partial charge on any atom is 0.222 e. The van der Waals surface area contributed by atoms with Gasteiger partial charge in [-0.15, -0.1) is 0 Å². The molecular formula is C20H30ClN3O2. The largest absolute Gasteiger partial charge is 0.492 e. The van der Waals surface area contributed by atoms with Crippen molar-refractivity contribution < 1.29 is 9.53 Å². The number of halogens is 1. The number of hydrogen-bond acceptors (Lipinski definition) is 4. The van der Waals surface area contributed by atoms with Crippen molar-refractivity contribution in [1.82, 2.24) is 14.7 Å². The number of piperidine rings is 1. The van der Waals surface area contributed by atoms with Crippen molar-refractivity contribution >= 4 is 17.5 Å². The van der Waals surface area contributed by atoms with E-state index in [0.29, 0.717) is 24.9 Å². The molecule has 26 heavy (non-hydrogen) atoms. The van der Waals surface area contributed by atoms with Gasteiger partial charge in [-0.1, -0.05) is 11.6 Å². The minimum atomic E-state index is 0.294. The molecular weight excluding hydrogens is 350 g/mol. The predicted molar refractivity (Wildman–Crippen MR) is 105 cm³/mol. The number of carbonyl (C=O) groups excluding carboxylic acids is 1. The second-order valence-electron chi connectivity index (χ2n) is 7.58. The summed E-state index contributed by atoms with van der Waals surface area (Å²) in [6.07, 6.45) is 1.75.